The van der Waals surface area contributed by atoms with Crippen molar-refractivity contribution in [1.29, 1.82) is 0 Å². The van der Waals surface area contributed by atoms with Gasteiger partial charge in [0.2, 0.25) is 0 Å². The Labute approximate surface area is 153 Å². The number of hydrogen-bond acceptors (Lipinski definition) is 5. The zero-order valence-corrected chi connectivity index (χ0v) is 15.8. The molecule has 3 N–H and O–H groups in total. The van der Waals surface area contributed by atoms with E-state index in [1.54, 1.807) is 13.8 Å². The maximum absolute atomic E-state index is 12.2. The van der Waals surface area contributed by atoms with Crippen LogP contribution in [0.25, 0.3) is 0 Å². The van der Waals surface area contributed by atoms with E-state index in [-0.39, 0.29) is 23.9 Å². The molecule has 0 spiro atoms. The summed E-state index contributed by atoms with van der Waals surface area (Å²) in [6.45, 7) is 7.41. The van der Waals surface area contributed by atoms with E-state index in [4.69, 9.17) is 0 Å². The lowest BCUT2D eigenvalue weighted by molar-refractivity contribution is 0.356. The number of aryl methyl sites for hydroxylation is 2. The van der Waals surface area contributed by atoms with Crippen LogP contribution in [-0.2, 0) is 5.41 Å². The predicted octanol–water partition coefficient (Wildman–Crippen LogP) is 2.49. The number of aliphatic hydroxyl groups excluding tert-OH is 1. The van der Waals surface area contributed by atoms with Gasteiger partial charge in [0.15, 0.2) is 0 Å². The molecule has 3 rings (SSSR count). The third-order valence-electron chi connectivity index (χ3n) is 5.16. The maximum Gasteiger partial charge on any atom is 0.260 e. The zero-order chi connectivity index (χ0) is 18.9. The molecular weight excluding hydrogens is 328 g/mol. The van der Waals surface area contributed by atoms with Crippen molar-refractivity contribution in [3.8, 4) is 0 Å². The van der Waals surface area contributed by atoms with Crippen molar-refractivity contribution in [3.63, 3.8) is 0 Å². The van der Waals surface area contributed by atoms with Crippen LogP contribution in [0, 0.1) is 13.8 Å². The van der Waals surface area contributed by atoms with Crippen molar-refractivity contribution < 1.29 is 5.11 Å². The van der Waals surface area contributed by atoms with Crippen molar-refractivity contribution in [2.24, 2.45) is 5.10 Å². The van der Waals surface area contributed by atoms with Gasteiger partial charge in [0.25, 0.3) is 5.56 Å². The Morgan fingerprint density at radius 3 is 2.54 bits per heavy atom. The number of rotatable bonds is 6. The lowest BCUT2D eigenvalue weighted by Crippen LogP contribution is -2.27. The van der Waals surface area contributed by atoms with E-state index in [1.165, 1.54) is 18.4 Å². The molecule has 1 aliphatic rings. The van der Waals surface area contributed by atoms with Gasteiger partial charge in [-0.2, -0.15) is 5.10 Å². The first-order valence-corrected chi connectivity index (χ1v) is 8.95. The minimum absolute atomic E-state index is 0.0459. The fourth-order valence-electron chi connectivity index (χ4n) is 3.14. The highest BCUT2D eigenvalue weighted by atomic mass is 16.3. The highest BCUT2D eigenvalue weighted by Crippen LogP contribution is 2.47. The summed E-state index contributed by atoms with van der Waals surface area (Å²) in [7, 11) is 0. The molecule has 0 bridgehead atoms. The van der Waals surface area contributed by atoms with E-state index in [0.29, 0.717) is 22.5 Å². The summed E-state index contributed by atoms with van der Waals surface area (Å²) < 4.78 is 0. The third-order valence-corrected chi connectivity index (χ3v) is 5.16. The summed E-state index contributed by atoms with van der Waals surface area (Å²) in [5, 5.41) is 13.9. The van der Waals surface area contributed by atoms with E-state index in [2.05, 4.69) is 51.7 Å². The quantitative estimate of drug-likeness (QED) is 0.549. The molecule has 1 aromatic heterocycles. The van der Waals surface area contributed by atoms with Crippen LogP contribution >= 0.6 is 0 Å². The zero-order valence-electron chi connectivity index (χ0n) is 15.8. The number of nitrogens with one attached hydrogen (secondary N) is 2. The molecule has 1 aliphatic carbocycles. The van der Waals surface area contributed by atoms with Gasteiger partial charge in [-0.25, -0.2) is 4.98 Å². The fraction of sp³-hybridized carbons (Fsp3) is 0.450. The summed E-state index contributed by atoms with van der Waals surface area (Å²) in [5.74, 6) is 0.541. The Morgan fingerprint density at radius 1 is 1.35 bits per heavy atom. The Hall–Kier alpha value is -2.47. The maximum atomic E-state index is 12.2. The normalized spacial score (nSPS) is 17.0. The minimum atomic E-state index is -0.342. The monoisotopic (exact) mass is 354 g/mol. The number of aliphatic hydroxyl groups is 1. The summed E-state index contributed by atoms with van der Waals surface area (Å²) in [6, 6.07) is 8.52. The SMILES string of the molecule is Cc1nc(C)c(/C(CO)=N\NC(C)c2ccc(C3(C)CC3)cc2)c(=O)[nH]1. The van der Waals surface area contributed by atoms with Gasteiger partial charge in [-0.05, 0) is 50.2 Å². The number of aromatic nitrogens is 2. The Kier molecular flexibility index (Phi) is 4.96. The largest absolute Gasteiger partial charge is 0.390 e. The molecular formula is C20H26N4O2. The number of hydrogen-bond donors (Lipinski definition) is 3. The number of hydrazone groups is 1. The highest BCUT2D eigenvalue weighted by Gasteiger charge is 2.38. The lowest BCUT2D eigenvalue weighted by Gasteiger charge is -2.15. The highest BCUT2D eigenvalue weighted by molar-refractivity contribution is 6.01. The third kappa shape index (κ3) is 3.70. The van der Waals surface area contributed by atoms with Crippen molar-refractivity contribution in [1.82, 2.24) is 15.4 Å². The molecule has 1 fully saturated rings. The lowest BCUT2D eigenvalue weighted by atomic mass is 9.96. The summed E-state index contributed by atoms with van der Waals surface area (Å²) in [5.41, 5.74) is 6.73. The second-order valence-electron chi connectivity index (χ2n) is 7.36. The Bertz CT molecular complexity index is 880. The van der Waals surface area contributed by atoms with Crippen LogP contribution < -0.4 is 11.0 Å². The van der Waals surface area contributed by atoms with Crippen molar-refractivity contribution >= 4 is 5.71 Å². The van der Waals surface area contributed by atoms with Gasteiger partial charge in [-0.1, -0.05) is 31.2 Å². The van der Waals surface area contributed by atoms with Crippen LogP contribution in [0.15, 0.2) is 34.2 Å². The molecule has 138 valence electrons. The van der Waals surface area contributed by atoms with Gasteiger partial charge in [0.1, 0.15) is 11.5 Å². The van der Waals surface area contributed by atoms with Gasteiger partial charge >= 0.3 is 0 Å². The number of benzene rings is 1. The van der Waals surface area contributed by atoms with Crippen LogP contribution in [0.1, 0.15) is 60.9 Å². The van der Waals surface area contributed by atoms with Crippen LogP contribution in [0.5, 0.6) is 0 Å². The van der Waals surface area contributed by atoms with E-state index < -0.39 is 0 Å². The van der Waals surface area contributed by atoms with Crippen molar-refractivity contribution in [2.75, 3.05) is 6.61 Å². The molecule has 0 amide bonds. The fourth-order valence-corrected chi connectivity index (χ4v) is 3.14. The standard InChI is InChI=1S/C20H26N4O2/c1-12(15-5-7-16(8-6-15)20(4)9-10-20)23-24-17(11-25)18-13(2)21-14(3)22-19(18)26/h5-8,12,23,25H,9-11H2,1-4H3,(H,21,22,26)/b24-17-. The Morgan fingerprint density at radius 2 is 2.00 bits per heavy atom. The predicted molar refractivity (Wildman–Crippen MR) is 103 cm³/mol. The topological polar surface area (TPSA) is 90.4 Å². The summed E-state index contributed by atoms with van der Waals surface area (Å²) in [6.07, 6.45) is 2.51. The van der Waals surface area contributed by atoms with Crippen LogP contribution in [0.2, 0.25) is 0 Å². The number of H-pyrrole nitrogens is 1. The van der Waals surface area contributed by atoms with Gasteiger partial charge in [-0.3, -0.25) is 4.79 Å². The molecule has 0 saturated heterocycles. The van der Waals surface area contributed by atoms with E-state index in [0.717, 1.165) is 5.56 Å². The number of aromatic amines is 1. The van der Waals surface area contributed by atoms with E-state index in [1.807, 2.05) is 6.92 Å². The second kappa shape index (κ2) is 7.03. The van der Waals surface area contributed by atoms with Crippen molar-refractivity contribution in [3.05, 3.63) is 62.8 Å². The molecule has 0 radical (unpaired) electrons. The second-order valence-corrected chi connectivity index (χ2v) is 7.36. The molecule has 1 unspecified atom stereocenters. The van der Waals surface area contributed by atoms with E-state index >= 15 is 0 Å². The summed E-state index contributed by atoms with van der Waals surface area (Å²) >= 11 is 0. The van der Waals surface area contributed by atoms with E-state index in [9.17, 15) is 9.90 Å². The molecule has 1 saturated carbocycles. The molecule has 26 heavy (non-hydrogen) atoms. The average molecular weight is 354 g/mol. The molecule has 1 atom stereocenters. The molecule has 1 heterocycles. The molecule has 2 aromatic rings. The molecule has 6 heteroatoms. The first-order chi connectivity index (χ1) is 12.3. The number of nitrogens with zero attached hydrogens (tertiary/aromatic N) is 2. The summed E-state index contributed by atoms with van der Waals surface area (Å²) in [4.78, 5) is 19.1. The minimum Gasteiger partial charge on any atom is -0.390 e. The first-order valence-electron chi connectivity index (χ1n) is 8.95. The van der Waals surface area contributed by atoms with Gasteiger partial charge in [-0.15, -0.1) is 0 Å². The van der Waals surface area contributed by atoms with Gasteiger partial charge in [0, 0.05) is 0 Å². The molecule has 1 aromatic carbocycles. The first kappa shape index (κ1) is 18.3. The van der Waals surface area contributed by atoms with Gasteiger partial charge in [0.05, 0.1) is 23.9 Å². The average Bonchev–Trinajstić information content (AvgIpc) is 3.35. The molecule has 6 nitrogen and oxygen atoms in total. The van der Waals surface area contributed by atoms with Crippen molar-refractivity contribution in [2.45, 2.75) is 52.0 Å². The van der Waals surface area contributed by atoms with Gasteiger partial charge < -0.3 is 15.5 Å². The van der Waals surface area contributed by atoms with Crippen LogP contribution in [0.3, 0.4) is 0 Å². The Balaban J connectivity index is 1.78. The van der Waals surface area contributed by atoms with Crippen LogP contribution in [0.4, 0.5) is 0 Å². The molecule has 0 aliphatic heterocycles. The smallest absolute Gasteiger partial charge is 0.260 e. The van der Waals surface area contributed by atoms with Crippen LogP contribution in [-0.4, -0.2) is 27.4 Å².